The van der Waals surface area contributed by atoms with Crippen LogP contribution in [0, 0.1) is 10.3 Å². The summed E-state index contributed by atoms with van der Waals surface area (Å²) in [7, 11) is 6.18. The topological polar surface area (TPSA) is 40.1 Å². The zero-order chi connectivity index (χ0) is 19.8. The summed E-state index contributed by atoms with van der Waals surface area (Å²) in [5.74, 6) is -0.296. The van der Waals surface area contributed by atoms with E-state index in [1.807, 2.05) is 18.2 Å². The molecule has 0 aromatic heterocycles. The fourth-order valence-electron chi connectivity index (χ4n) is 4.09. The predicted molar refractivity (Wildman–Crippen MR) is 117 cm³/mol. The van der Waals surface area contributed by atoms with Crippen LogP contribution in [0.3, 0.4) is 0 Å². The van der Waals surface area contributed by atoms with Gasteiger partial charge in [-0.3, -0.25) is 0 Å². The van der Waals surface area contributed by atoms with Crippen molar-refractivity contribution in [2.75, 3.05) is 62.3 Å². The molecule has 2 saturated heterocycles. The molecule has 2 aromatic carbocycles. The van der Waals surface area contributed by atoms with Crippen molar-refractivity contribution in [3.8, 4) is 0 Å². The molecule has 0 spiro atoms. The van der Waals surface area contributed by atoms with E-state index in [4.69, 9.17) is 15.4 Å². The third-order valence-corrected chi connectivity index (χ3v) is 8.06. The van der Waals surface area contributed by atoms with Gasteiger partial charge in [-0.05, 0) is 54.0 Å². The van der Waals surface area contributed by atoms with Crippen molar-refractivity contribution in [3.63, 3.8) is 0 Å². The number of halogens is 2. The highest BCUT2D eigenvalue weighted by Crippen LogP contribution is 2.45. The minimum Gasteiger partial charge on any atom is -0.378 e. The van der Waals surface area contributed by atoms with Gasteiger partial charge in [0.2, 0.25) is 0 Å². The Labute approximate surface area is 176 Å². The third-order valence-electron chi connectivity index (χ3n) is 5.66. The molecular weight excluding hydrogens is 411 g/mol. The summed E-state index contributed by atoms with van der Waals surface area (Å²) < 4.78 is 21.4. The molecule has 1 N–H and O–H groups in total. The molecule has 3 aliphatic heterocycles. The van der Waals surface area contributed by atoms with Gasteiger partial charge in [0.15, 0.2) is 5.82 Å². The Morgan fingerprint density at radius 3 is 2.69 bits per heavy atom. The molecule has 3 aliphatic rings. The summed E-state index contributed by atoms with van der Waals surface area (Å²) in [4.78, 5) is 9.94. The lowest BCUT2D eigenvalue weighted by atomic mass is 10.2. The van der Waals surface area contributed by atoms with Gasteiger partial charge in [0.25, 0.3) is 0 Å². The Hall–Kier alpha value is -1.67. The van der Waals surface area contributed by atoms with Gasteiger partial charge in [-0.15, -0.1) is 0 Å². The first-order chi connectivity index (χ1) is 14.2. The maximum Gasteiger partial charge on any atom is 0.152 e. The van der Waals surface area contributed by atoms with Crippen LogP contribution in [0.2, 0.25) is 0 Å². The van der Waals surface area contributed by atoms with Crippen LogP contribution in [0.15, 0.2) is 40.2 Å². The number of fused-ring (bicyclic) bond motifs is 2. The Bertz CT molecular complexity index is 1050. The zero-order valence-electron chi connectivity index (χ0n) is 16.2. The largest absolute Gasteiger partial charge is 0.378 e. The van der Waals surface area contributed by atoms with E-state index < -0.39 is 9.70 Å². The SMILES string of the molecule is Fc1cc(N2CCCNCC2)cc2c1N=c1ccc(N3CCOCC3)cc1=S2Cl. The van der Waals surface area contributed by atoms with Gasteiger partial charge >= 0.3 is 0 Å². The molecule has 0 bridgehead atoms. The Balaban J connectivity index is 1.58. The zero-order valence-corrected chi connectivity index (χ0v) is 17.7. The Morgan fingerprint density at radius 1 is 1.00 bits per heavy atom. The molecule has 2 fully saturated rings. The lowest BCUT2D eigenvalue weighted by Crippen LogP contribution is -2.36. The number of hydrogen-bond acceptors (Lipinski definition) is 5. The maximum atomic E-state index is 15.0. The van der Waals surface area contributed by atoms with Gasteiger partial charge in [-0.2, -0.15) is 0 Å². The van der Waals surface area contributed by atoms with E-state index in [0.717, 1.165) is 85.0 Å². The number of hydrogen-bond donors (Lipinski definition) is 1. The minimum absolute atomic E-state index is 0.296. The molecule has 154 valence electrons. The quantitative estimate of drug-likeness (QED) is 0.735. The highest BCUT2D eigenvalue weighted by atomic mass is 35.7. The standard InChI is InChI=1S/C21H24ClFN4OS/c22-29-19-13-15(27-8-10-28-11-9-27)2-3-18(19)25-21-17(23)12-16(14-20(21)29)26-6-1-4-24-5-7-26/h2-3,12-14,24H,1,4-11H2. The second kappa shape index (κ2) is 8.22. The first-order valence-electron chi connectivity index (χ1n) is 10.1. The number of rotatable bonds is 2. The number of anilines is 2. The molecule has 0 radical (unpaired) electrons. The molecular formula is C21H24ClFN4OS. The lowest BCUT2D eigenvalue weighted by molar-refractivity contribution is 0.122. The highest BCUT2D eigenvalue weighted by Gasteiger charge is 2.21. The van der Waals surface area contributed by atoms with E-state index in [-0.39, 0.29) is 5.82 Å². The van der Waals surface area contributed by atoms with Crippen LogP contribution in [0.25, 0.3) is 0 Å². The molecule has 8 heteroatoms. The van der Waals surface area contributed by atoms with E-state index in [0.29, 0.717) is 5.69 Å². The second-order valence-corrected chi connectivity index (χ2v) is 9.80. The van der Waals surface area contributed by atoms with Crippen LogP contribution in [0.4, 0.5) is 21.5 Å². The van der Waals surface area contributed by atoms with E-state index in [1.165, 1.54) is 0 Å². The van der Waals surface area contributed by atoms with Crippen molar-refractivity contribution in [3.05, 3.63) is 46.0 Å². The molecule has 2 aromatic rings. The smallest absolute Gasteiger partial charge is 0.152 e. The molecule has 5 nitrogen and oxygen atoms in total. The summed E-state index contributed by atoms with van der Waals surface area (Å²) in [6, 6.07) is 9.76. The van der Waals surface area contributed by atoms with Crippen LogP contribution in [0.5, 0.6) is 0 Å². The average molecular weight is 435 g/mol. The predicted octanol–water partition coefficient (Wildman–Crippen LogP) is 3.46. The van der Waals surface area contributed by atoms with E-state index in [9.17, 15) is 0 Å². The summed E-state index contributed by atoms with van der Waals surface area (Å²) in [5, 5.41) is 4.15. The number of nitrogens with one attached hydrogen (secondary N) is 1. The normalized spacial score (nSPS) is 21.8. The highest BCUT2D eigenvalue weighted by molar-refractivity contribution is 8.29. The second-order valence-electron chi connectivity index (χ2n) is 7.48. The Morgan fingerprint density at radius 2 is 1.83 bits per heavy atom. The van der Waals surface area contributed by atoms with Gasteiger partial charge < -0.3 is 19.9 Å². The number of benzene rings is 2. The van der Waals surface area contributed by atoms with Crippen molar-refractivity contribution < 1.29 is 9.13 Å². The summed E-state index contributed by atoms with van der Waals surface area (Å²) in [5.41, 5.74) is 2.40. The van der Waals surface area contributed by atoms with Crippen molar-refractivity contribution in [2.24, 2.45) is 4.99 Å². The van der Waals surface area contributed by atoms with Crippen LogP contribution >= 0.6 is 20.4 Å². The van der Waals surface area contributed by atoms with Gasteiger partial charge in [0, 0.05) is 53.5 Å². The first kappa shape index (κ1) is 19.3. The van der Waals surface area contributed by atoms with Crippen LogP contribution in [0.1, 0.15) is 6.42 Å². The summed E-state index contributed by atoms with van der Waals surface area (Å²) >= 11 is 0. The van der Waals surface area contributed by atoms with E-state index >= 15 is 4.39 Å². The molecule has 29 heavy (non-hydrogen) atoms. The lowest BCUT2D eigenvalue weighted by Gasteiger charge is -2.29. The molecule has 3 heterocycles. The molecule has 0 amide bonds. The van der Waals surface area contributed by atoms with Gasteiger partial charge in [0.1, 0.15) is 5.69 Å². The van der Waals surface area contributed by atoms with Crippen molar-refractivity contribution >= 4 is 37.4 Å². The van der Waals surface area contributed by atoms with Crippen molar-refractivity contribution in [1.29, 1.82) is 0 Å². The first-order valence-corrected chi connectivity index (χ1v) is 12.1. The molecule has 1 atom stereocenters. The monoisotopic (exact) mass is 434 g/mol. The van der Waals surface area contributed by atoms with Gasteiger partial charge in [0.05, 0.1) is 18.6 Å². The Kier molecular flexibility index (Phi) is 5.47. The summed E-state index contributed by atoms with van der Waals surface area (Å²) in [6.07, 6.45) is 1.04. The van der Waals surface area contributed by atoms with Crippen LogP contribution in [-0.4, -0.2) is 52.5 Å². The maximum absolute atomic E-state index is 15.0. The molecule has 0 saturated carbocycles. The van der Waals surface area contributed by atoms with Gasteiger partial charge in [-0.1, -0.05) is 9.70 Å². The molecule has 5 rings (SSSR count). The van der Waals surface area contributed by atoms with Crippen LogP contribution < -0.4 is 20.5 Å². The summed E-state index contributed by atoms with van der Waals surface area (Å²) in [6.45, 7) is 6.87. The number of ether oxygens (including phenoxy) is 1. The number of morpholine rings is 1. The minimum atomic E-state index is -0.746. The van der Waals surface area contributed by atoms with E-state index in [2.05, 4.69) is 26.2 Å². The fourth-order valence-corrected chi connectivity index (χ4v) is 6.11. The molecule has 0 aliphatic carbocycles. The number of nitrogens with zero attached hydrogens (tertiary/aromatic N) is 3. The fraction of sp³-hybridized carbons (Fsp3) is 0.429. The van der Waals surface area contributed by atoms with Crippen molar-refractivity contribution in [1.82, 2.24) is 5.32 Å². The van der Waals surface area contributed by atoms with E-state index in [1.54, 1.807) is 6.07 Å². The van der Waals surface area contributed by atoms with Crippen molar-refractivity contribution in [2.45, 2.75) is 11.3 Å². The molecule has 1 unspecified atom stereocenters. The third kappa shape index (κ3) is 3.77. The van der Waals surface area contributed by atoms with Gasteiger partial charge in [-0.25, -0.2) is 9.38 Å². The average Bonchev–Trinajstić information content (AvgIpc) is 3.05. The van der Waals surface area contributed by atoms with Crippen LogP contribution in [-0.2, 0) is 4.74 Å².